The van der Waals surface area contributed by atoms with Gasteiger partial charge in [0.05, 0.1) is 10.6 Å². The Morgan fingerprint density at radius 3 is 2.59 bits per heavy atom. The number of nitrogens with zero attached hydrogens (tertiary/aromatic N) is 3. The maximum absolute atomic E-state index is 12.7. The van der Waals surface area contributed by atoms with E-state index in [9.17, 15) is 26.4 Å². The third kappa shape index (κ3) is 5.27. The molecule has 2 aromatic rings. The molecule has 0 radical (unpaired) electrons. The summed E-state index contributed by atoms with van der Waals surface area (Å²) in [5.41, 5.74) is -3.87. The first kappa shape index (κ1) is 21.6. The normalized spacial score (nSPS) is 15.6. The van der Waals surface area contributed by atoms with Gasteiger partial charge in [0.15, 0.2) is 9.84 Å². The first-order chi connectivity index (χ1) is 13.5. The van der Waals surface area contributed by atoms with Crippen LogP contribution in [-0.4, -0.2) is 35.1 Å². The largest absolute Gasteiger partial charge is 0.446 e. The molecule has 0 atom stereocenters. The van der Waals surface area contributed by atoms with E-state index in [0.717, 1.165) is 18.4 Å². The summed E-state index contributed by atoms with van der Waals surface area (Å²) in [5, 5.41) is 0. The molecular formula is C18H18F3N3O3S2. The van der Waals surface area contributed by atoms with Crippen LogP contribution in [0.5, 0.6) is 0 Å². The van der Waals surface area contributed by atoms with Crippen molar-refractivity contribution in [1.29, 1.82) is 0 Å². The fraction of sp³-hybridized carbons (Fsp3) is 0.389. The number of amides is 1. The van der Waals surface area contributed by atoms with Crippen molar-refractivity contribution >= 4 is 27.5 Å². The summed E-state index contributed by atoms with van der Waals surface area (Å²) in [6.45, 7) is 1.47. The number of aryl methyl sites for hydroxylation is 1. The predicted molar refractivity (Wildman–Crippen MR) is 101 cm³/mol. The minimum absolute atomic E-state index is 0.0624. The average Bonchev–Trinajstić information content (AvgIpc) is 3.47. The second-order valence-corrected chi connectivity index (χ2v) is 9.98. The van der Waals surface area contributed by atoms with E-state index in [-0.39, 0.29) is 44.4 Å². The van der Waals surface area contributed by atoms with Gasteiger partial charge >= 0.3 is 5.51 Å². The molecule has 0 unspecified atom stereocenters. The standard InChI is InChI=1S/C18H18F3N3O3S2/c1-3-29(26,27)14-8-12(11-4-5-11)9-22-16(14)17(25)23-15-7-6-13(10-24(15)2)28-18(19,20)21/h6-11H,3-5H2,1-2H3/b23-15+. The molecule has 0 bridgehead atoms. The molecule has 29 heavy (non-hydrogen) atoms. The summed E-state index contributed by atoms with van der Waals surface area (Å²) in [6, 6.07) is 3.94. The number of aromatic nitrogens is 2. The van der Waals surface area contributed by atoms with Crippen LogP contribution in [0.4, 0.5) is 13.2 Å². The van der Waals surface area contributed by atoms with E-state index in [1.54, 1.807) is 0 Å². The molecule has 11 heteroatoms. The second-order valence-electron chi connectivity index (χ2n) is 6.59. The van der Waals surface area contributed by atoms with Crippen molar-refractivity contribution in [2.75, 3.05) is 5.75 Å². The number of pyridine rings is 2. The summed E-state index contributed by atoms with van der Waals surface area (Å²) in [4.78, 5) is 20.4. The lowest BCUT2D eigenvalue weighted by Crippen LogP contribution is -2.21. The van der Waals surface area contributed by atoms with Gasteiger partial charge in [-0.05, 0) is 54.3 Å². The Kier molecular flexibility index (Phi) is 5.91. The molecular weight excluding hydrogens is 427 g/mol. The third-order valence-electron chi connectivity index (χ3n) is 4.37. The molecule has 1 saturated carbocycles. The first-order valence-electron chi connectivity index (χ1n) is 8.74. The van der Waals surface area contributed by atoms with Crippen LogP contribution in [0.2, 0.25) is 0 Å². The van der Waals surface area contributed by atoms with E-state index in [4.69, 9.17) is 0 Å². The van der Waals surface area contributed by atoms with Gasteiger partial charge in [-0.1, -0.05) is 6.92 Å². The quantitative estimate of drug-likeness (QED) is 0.659. The molecule has 0 aliphatic heterocycles. The monoisotopic (exact) mass is 445 g/mol. The minimum atomic E-state index is -4.43. The summed E-state index contributed by atoms with van der Waals surface area (Å²) in [6.07, 6.45) is 4.57. The van der Waals surface area contributed by atoms with Crippen molar-refractivity contribution in [3.05, 3.63) is 47.3 Å². The number of halogens is 3. The predicted octanol–water partition coefficient (Wildman–Crippen LogP) is 3.44. The third-order valence-corrected chi connectivity index (χ3v) is 6.82. The fourth-order valence-corrected chi connectivity index (χ4v) is 4.37. The lowest BCUT2D eigenvalue weighted by atomic mass is 10.2. The van der Waals surface area contributed by atoms with Crippen LogP contribution in [0.3, 0.4) is 0 Å². The van der Waals surface area contributed by atoms with Crippen molar-refractivity contribution < 1.29 is 26.4 Å². The van der Waals surface area contributed by atoms with Gasteiger partial charge < -0.3 is 4.57 Å². The molecule has 1 aliphatic carbocycles. The Bertz CT molecular complexity index is 1120. The van der Waals surface area contributed by atoms with Crippen LogP contribution in [0, 0.1) is 0 Å². The van der Waals surface area contributed by atoms with Gasteiger partial charge in [0.1, 0.15) is 11.2 Å². The second kappa shape index (κ2) is 7.94. The molecule has 3 rings (SSSR count). The number of hydrogen-bond acceptors (Lipinski definition) is 5. The van der Waals surface area contributed by atoms with Gasteiger partial charge in [-0.25, -0.2) is 13.4 Å². The number of alkyl halides is 3. The maximum Gasteiger partial charge on any atom is 0.446 e. The topological polar surface area (TPSA) is 81.4 Å². The van der Waals surface area contributed by atoms with Crippen molar-refractivity contribution in [2.24, 2.45) is 12.0 Å². The van der Waals surface area contributed by atoms with Gasteiger partial charge in [0, 0.05) is 24.3 Å². The lowest BCUT2D eigenvalue weighted by molar-refractivity contribution is -0.0328. The van der Waals surface area contributed by atoms with Crippen LogP contribution >= 0.6 is 11.8 Å². The van der Waals surface area contributed by atoms with Crippen molar-refractivity contribution in [1.82, 2.24) is 9.55 Å². The van der Waals surface area contributed by atoms with E-state index in [0.29, 0.717) is 0 Å². The Hall–Kier alpha value is -2.14. The molecule has 1 aliphatic rings. The SMILES string of the molecule is CCS(=O)(=O)c1cc(C2CC2)cnc1C(=O)/N=c1\ccc(SC(F)(F)F)cn1C. The molecule has 156 valence electrons. The molecule has 2 heterocycles. The highest BCUT2D eigenvalue weighted by molar-refractivity contribution is 8.00. The van der Waals surface area contributed by atoms with Gasteiger partial charge in [-0.2, -0.15) is 18.2 Å². The van der Waals surface area contributed by atoms with E-state index in [1.807, 2.05) is 0 Å². The molecule has 6 nitrogen and oxygen atoms in total. The summed E-state index contributed by atoms with van der Waals surface area (Å²) in [7, 11) is -2.27. The first-order valence-corrected chi connectivity index (χ1v) is 11.2. The van der Waals surface area contributed by atoms with E-state index in [1.165, 1.54) is 49.1 Å². The summed E-state index contributed by atoms with van der Waals surface area (Å²) >= 11 is -0.281. The number of carbonyl (C=O) groups excluding carboxylic acids is 1. The zero-order valence-corrected chi connectivity index (χ0v) is 17.2. The Labute approximate surface area is 169 Å². The van der Waals surface area contributed by atoms with Crippen LogP contribution in [-0.2, 0) is 16.9 Å². The van der Waals surface area contributed by atoms with E-state index < -0.39 is 21.3 Å². The number of thioether (sulfide) groups is 1. The van der Waals surface area contributed by atoms with Crippen molar-refractivity contribution in [2.45, 2.75) is 41.0 Å². The average molecular weight is 445 g/mol. The summed E-state index contributed by atoms with van der Waals surface area (Å²) < 4.78 is 63.7. The van der Waals surface area contributed by atoms with Gasteiger partial charge in [-0.3, -0.25) is 4.79 Å². The van der Waals surface area contributed by atoms with E-state index >= 15 is 0 Å². The van der Waals surface area contributed by atoms with Crippen molar-refractivity contribution in [3.63, 3.8) is 0 Å². The van der Waals surface area contributed by atoms with Crippen LogP contribution < -0.4 is 5.49 Å². The Balaban J connectivity index is 2.00. The number of hydrogen-bond donors (Lipinski definition) is 0. The Morgan fingerprint density at radius 2 is 2.03 bits per heavy atom. The van der Waals surface area contributed by atoms with Crippen LogP contribution in [0.25, 0.3) is 0 Å². The van der Waals surface area contributed by atoms with E-state index in [2.05, 4.69) is 9.98 Å². The lowest BCUT2D eigenvalue weighted by Gasteiger charge is -2.09. The highest BCUT2D eigenvalue weighted by Gasteiger charge is 2.30. The minimum Gasteiger partial charge on any atom is -0.335 e. The molecule has 0 aromatic carbocycles. The van der Waals surface area contributed by atoms with Gasteiger partial charge in [0.25, 0.3) is 5.91 Å². The highest BCUT2D eigenvalue weighted by atomic mass is 32.2. The van der Waals surface area contributed by atoms with Gasteiger partial charge in [-0.15, -0.1) is 0 Å². The number of rotatable bonds is 5. The van der Waals surface area contributed by atoms with Gasteiger partial charge in [0.2, 0.25) is 0 Å². The number of carbonyl (C=O) groups is 1. The smallest absolute Gasteiger partial charge is 0.335 e. The zero-order chi connectivity index (χ0) is 21.4. The molecule has 0 N–H and O–H groups in total. The van der Waals surface area contributed by atoms with Crippen LogP contribution in [0.1, 0.15) is 41.7 Å². The fourth-order valence-electron chi connectivity index (χ4n) is 2.69. The maximum atomic E-state index is 12.7. The molecule has 1 fully saturated rings. The molecule has 0 spiro atoms. The Morgan fingerprint density at radius 1 is 1.34 bits per heavy atom. The number of sulfone groups is 1. The molecule has 0 saturated heterocycles. The zero-order valence-electron chi connectivity index (χ0n) is 15.6. The van der Waals surface area contributed by atoms with Crippen LogP contribution in [0.15, 0.2) is 45.4 Å². The van der Waals surface area contributed by atoms with Crippen molar-refractivity contribution in [3.8, 4) is 0 Å². The molecule has 1 amide bonds. The molecule has 2 aromatic heterocycles. The summed E-state index contributed by atoms with van der Waals surface area (Å²) in [5.74, 6) is -0.808. The highest BCUT2D eigenvalue weighted by Crippen LogP contribution is 2.40.